The monoisotopic (exact) mass is 359 g/mol. The third-order valence-electron chi connectivity index (χ3n) is 5.56. The molecule has 0 radical (unpaired) electrons. The Labute approximate surface area is 159 Å². The van der Waals surface area contributed by atoms with E-state index in [4.69, 9.17) is 0 Å². The summed E-state index contributed by atoms with van der Waals surface area (Å²) in [6.07, 6.45) is 11.7. The molecule has 1 aliphatic carbocycles. The number of aryl methyl sites for hydroxylation is 1. The molecule has 27 heavy (non-hydrogen) atoms. The summed E-state index contributed by atoms with van der Waals surface area (Å²) in [7, 11) is 2.00. The van der Waals surface area contributed by atoms with E-state index in [2.05, 4.69) is 47.3 Å². The van der Waals surface area contributed by atoms with Gasteiger partial charge in [-0.05, 0) is 42.0 Å². The van der Waals surface area contributed by atoms with Crippen molar-refractivity contribution in [2.45, 2.75) is 38.0 Å². The Bertz CT molecular complexity index is 979. The molecule has 0 bridgehead atoms. The van der Waals surface area contributed by atoms with Crippen molar-refractivity contribution in [2.75, 3.05) is 5.32 Å². The largest absolute Gasteiger partial charge is 0.335 e. The second kappa shape index (κ2) is 7.39. The number of nitrogens with zero attached hydrogens (tertiary/aromatic N) is 2. The normalized spacial score (nSPS) is 15.0. The van der Waals surface area contributed by atoms with E-state index in [1.54, 1.807) is 6.20 Å². The van der Waals surface area contributed by atoms with Crippen molar-refractivity contribution in [3.8, 4) is 11.1 Å². The fourth-order valence-corrected chi connectivity index (χ4v) is 4.12. The number of benzene rings is 1. The number of carbonyl (C=O) groups excluding carboxylic acids is 1. The van der Waals surface area contributed by atoms with Gasteiger partial charge in [0.05, 0.1) is 11.9 Å². The predicted octanol–water partition coefficient (Wildman–Crippen LogP) is 5.41. The van der Waals surface area contributed by atoms with E-state index in [-0.39, 0.29) is 5.91 Å². The molecule has 138 valence electrons. The first-order valence-corrected chi connectivity index (χ1v) is 9.64. The van der Waals surface area contributed by atoms with Crippen LogP contribution in [0, 0.1) is 0 Å². The number of hydrogen-bond donors (Lipinski definition) is 1. The van der Waals surface area contributed by atoms with Crippen LogP contribution >= 0.6 is 0 Å². The van der Waals surface area contributed by atoms with Crippen LogP contribution < -0.4 is 5.32 Å². The van der Waals surface area contributed by atoms with Crippen molar-refractivity contribution in [2.24, 2.45) is 7.05 Å². The van der Waals surface area contributed by atoms with Crippen LogP contribution in [-0.2, 0) is 11.8 Å². The van der Waals surface area contributed by atoms with Crippen LogP contribution in [0.2, 0.25) is 0 Å². The molecule has 1 aliphatic rings. The zero-order valence-corrected chi connectivity index (χ0v) is 15.7. The number of aromatic nitrogens is 2. The van der Waals surface area contributed by atoms with Gasteiger partial charge < -0.3 is 9.88 Å². The van der Waals surface area contributed by atoms with Gasteiger partial charge in [0.1, 0.15) is 5.65 Å². The summed E-state index contributed by atoms with van der Waals surface area (Å²) in [5, 5.41) is 3.83. The quantitative estimate of drug-likeness (QED) is 0.633. The van der Waals surface area contributed by atoms with Crippen molar-refractivity contribution in [1.29, 1.82) is 0 Å². The van der Waals surface area contributed by atoms with Crippen LogP contribution in [0.4, 0.5) is 5.69 Å². The fourth-order valence-electron chi connectivity index (χ4n) is 4.12. The second-order valence-corrected chi connectivity index (χ2v) is 7.40. The van der Waals surface area contributed by atoms with Gasteiger partial charge in [0.25, 0.3) is 0 Å². The lowest BCUT2D eigenvalue weighted by Crippen LogP contribution is -2.07. The minimum absolute atomic E-state index is 0.231. The number of fused-ring (bicyclic) bond motifs is 1. The van der Waals surface area contributed by atoms with Crippen molar-refractivity contribution in [3.05, 3.63) is 60.9 Å². The molecule has 1 saturated carbocycles. The van der Waals surface area contributed by atoms with Gasteiger partial charge in [-0.3, -0.25) is 4.79 Å². The fraction of sp³-hybridized carbons (Fsp3) is 0.304. The zero-order valence-electron chi connectivity index (χ0n) is 15.7. The Kier molecular flexibility index (Phi) is 4.80. The van der Waals surface area contributed by atoms with Gasteiger partial charge in [-0.25, -0.2) is 4.98 Å². The molecule has 2 heterocycles. The lowest BCUT2D eigenvalue weighted by molar-refractivity contribution is -0.111. The molecule has 2 aromatic heterocycles. The molecule has 4 heteroatoms. The first-order chi connectivity index (χ1) is 13.2. The molecule has 1 N–H and O–H groups in total. The number of rotatable bonds is 4. The zero-order chi connectivity index (χ0) is 18.8. The Morgan fingerprint density at radius 1 is 1.22 bits per heavy atom. The van der Waals surface area contributed by atoms with Crippen LogP contribution in [0.15, 0.2) is 55.4 Å². The third kappa shape index (κ3) is 3.52. The first kappa shape index (κ1) is 17.5. The lowest BCUT2D eigenvalue weighted by Gasteiger charge is -2.22. The first-order valence-electron chi connectivity index (χ1n) is 9.64. The maximum absolute atomic E-state index is 11.6. The summed E-state index contributed by atoms with van der Waals surface area (Å²) in [6.45, 7) is 3.50. The maximum atomic E-state index is 11.6. The van der Waals surface area contributed by atoms with Gasteiger partial charge in [-0.15, -0.1) is 0 Å². The summed E-state index contributed by atoms with van der Waals surface area (Å²) in [6, 6.07) is 11.0. The minimum Gasteiger partial charge on any atom is -0.335 e. The van der Waals surface area contributed by atoms with Gasteiger partial charge in [0.15, 0.2) is 0 Å². The van der Waals surface area contributed by atoms with E-state index in [1.165, 1.54) is 49.3 Å². The van der Waals surface area contributed by atoms with Crippen LogP contribution in [0.3, 0.4) is 0 Å². The molecule has 1 amide bonds. The number of carbonyl (C=O) groups is 1. The van der Waals surface area contributed by atoms with Gasteiger partial charge in [-0.2, -0.15) is 0 Å². The summed E-state index contributed by atoms with van der Waals surface area (Å²) in [4.78, 5) is 16.1. The van der Waals surface area contributed by atoms with Gasteiger partial charge >= 0.3 is 0 Å². The molecular formula is C23H25N3O. The van der Waals surface area contributed by atoms with Crippen molar-refractivity contribution >= 4 is 22.6 Å². The van der Waals surface area contributed by atoms with Crippen LogP contribution in [0.5, 0.6) is 0 Å². The summed E-state index contributed by atoms with van der Waals surface area (Å²) < 4.78 is 2.03. The van der Waals surface area contributed by atoms with Crippen LogP contribution in [0.25, 0.3) is 22.2 Å². The number of nitrogens with one attached hydrogen (secondary N) is 1. The van der Waals surface area contributed by atoms with Crippen LogP contribution in [-0.4, -0.2) is 15.5 Å². The molecule has 1 aromatic carbocycles. The third-order valence-corrected chi connectivity index (χ3v) is 5.56. The summed E-state index contributed by atoms with van der Waals surface area (Å²) in [5.74, 6) is 0.480. The smallest absolute Gasteiger partial charge is 0.247 e. The van der Waals surface area contributed by atoms with E-state index in [0.717, 1.165) is 16.6 Å². The average Bonchev–Trinajstić information content (AvgIpc) is 3.04. The van der Waals surface area contributed by atoms with E-state index in [9.17, 15) is 4.79 Å². The summed E-state index contributed by atoms with van der Waals surface area (Å²) in [5.41, 5.74) is 5.34. The van der Waals surface area contributed by atoms with E-state index in [1.807, 2.05) is 17.7 Å². The Morgan fingerprint density at radius 3 is 2.67 bits per heavy atom. The number of pyridine rings is 1. The summed E-state index contributed by atoms with van der Waals surface area (Å²) >= 11 is 0. The molecular weight excluding hydrogens is 334 g/mol. The Balaban J connectivity index is 1.68. The molecule has 0 unspecified atom stereocenters. The molecule has 0 saturated heterocycles. The molecule has 0 atom stereocenters. The second-order valence-electron chi connectivity index (χ2n) is 7.40. The number of anilines is 1. The molecule has 4 nitrogen and oxygen atoms in total. The van der Waals surface area contributed by atoms with Crippen LogP contribution in [0.1, 0.15) is 43.6 Å². The Hall–Kier alpha value is -2.88. The molecule has 0 aliphatic heterocycles. The number of amides is 1. The van der Waals surface area contributed by atoms with Gasteiger partial charge in [0, 0.05) is 24.2 Å². The van der Waals surface area contributed by atoms with E-state index in [0.29, 0.717) is 11.6 Å². The van der Waals surface area contributed by atoms with Gasteiger partial charge in [-0.1, -0.05) is 50.1 Å². The lowest BCUT2D eigenvalue weighted by atomic mass is 9.84. The molecule has 1 fully saturated rings. The number of hydrogen-bond acceptors (Lipinski definition) is 2. The van der Waals surface area contributed by atoms with Gasteiger partial charge in [0.2, 0.25) is 5.91 Å². The average molecular weight is 359 g/mol. The highest BCUT2D eigenvalue weighted by atomic mass is 16.1. The highest BCUT2D eigenvalue weighted by molar-refractivity contribution is 6.01. The highest BCUT2D eigenvalue weighted by Gasteiger charge is 2.16. The Morgan fingerprint density at radius 2 is 1.96 bits per heavy atom. The van der Waals surface area contributed by atoms with Crippen molar-refractivity contribution in [1.82, 2.24) is 9.55 Å². The highest BCUT2D eigenvalue weighted by Crippen LogP contribution is 2.35. The molecule has 4 rings (SSSR count). The minimum atomic E-state index is -0.231. The predicted molar refractivity (Wildman–Crippen MR) is 111 cm³/mol. The molecule has 3 aromatic rings. The van der Waals surface area contributed by atoms with E-state index >= 15 is 0 Å². The topological polar surface area (TPSA) is 46.9 Å². The maximum Gasteiger partial charge on any atom is 0.247 e. The standard InChI is InChI=1S/C23H25N3O/c1-3-22(27)25-19-13-20-21(15-26(2)23(20)24-14-19)18-11-9-17(10-12-18)16-7-5-4-6-8-16/h3,9-16H,1,4-8H2,2H3,(H,25,27). The van der Waals surface area contributed by atoms with Crippen molar-refractivity contribution in [3.63, 3.8) is 0 Å². The molecule has 0 spiro atoms. The van der Waals surface area contributed by atoms with Crippen molar-refractivity contribution < 1.29 is 4.79 Å². The SMILES string of the molecule is C=CC(=O)Nc1cnc2c(c1)c(-c1ccc(C3CCCCC3)cc1)cn2C. The van der Waals surface area contributed by atoms with E-state index < -0.39 is 0 Å².